The molecule has 0 aromatic heterocycles. The summed E-state index contributed by atoms with van der Waals surface area (Å²) in [6.45, 7) is 3.58. The molecule has 0 atom stereocenters. The summed E-state index contributed by atoms with van der Waals surface area (Å²) < 4.78 is 38.3. The zero-order chi connectivity index (χ0) is 15.1. The van der Waals surface area contributed by atoms with Crippen LogP contribution in [0.15, 0.2) is 23.1 Å². The van der Waals surface area contributed by atoms with Crippen molar-refractivity contribution in [3.63, 3.8) is 0 Å². The molecule has 1 spiro atoms. The highest BCUT2D eigenvalue weighted by molar-refractivity contribution is 7.89. The molecule has 2 aliphatic heterocycles. The Bertz CT molecular complexity index is 638. The molecule has 2 saturated heterocycles. The Morgan fingerprint density at radius 2 is 2.00 bits per heavy atom. The molecule has 6 nitrogen and oxygen atoms in total. The number of benzene rings is 1. The van der Waals surface area contributed by atoms with Gasteiger partial charge in [0.15, 0.2) is 5.79 Å². The van der Waals surface area contributed by atoms with E-state index in [1.807, 2.05) is 0 Å². The lowest BCUT2D eigenvalue weighted by Gasteiger charge is -2.37. The van der Waals surface area contributed by atoms with Crippen molar-refractivity contribution in [3.05, 3.63) is 23.8 Å². The molecule has 116 valence electrons. The molecule has 7 heteroatoms. The van der Waals surface area contributed by atoms with Gasteiger partial charge in [-0.2, -0.15) is 4.31 Å². The van der Waals surface area contributed by atoms with E-state index in [4.69, 9.17) is 15.2 Å². The minimum atomic E-state index is -3.55. The number of aryl methyl sites for hydroxylation is 1. The molecular formula is C14H20N2O4S. The van der Waals surface area contributed by atoms with Gasteiger partial charge in [0.2, 0.25) is 10.0 Å². The first-order valence-corrected chi connectivity index (χ1v) is 8.51. The van der Waals surface area contributed by atoms with Crippen molar-refractivity contribution in [2.75, 3.05) is 32.0 Å². The highest BCUT2D eigenvalue weighted by Gasteiger charge is 2.44. The number of sulfonamides is 1. The number of nitrogens with two attached hydrogens (primary N) is 1. The monoisotopic (exact) mass is 312 g/mol. The van der Waals surface area contributed by atoms with Gasteiger partial charge in [0.25, 0.3) is 0 Å². The quantitative estimate of drug-likeness (QED) is 0.827. The predicted octanol–water partition coefficient (Wildman–Crippen LogP) is 1.10. The van der Waals surface area contributed by atoms with E-state index < -0.39 is 15.8 Å². The fourth-order valence-corrected chi connectivity index (χ4v) is 4.45. The van der Waals surface area contributed by atoms with E-state index in [0.717, 1.165) is 18.4 Å². The topological polar surface area (TPSA) is 81.9 Å². The van der Waals surface area contributed by atoms with Crippen LogP contribution in [0.4, 0.5) is 5.69 Å². The highest BCUT2D eigenvalue weighted by atomic mass is 32.2. The van der Waals surface area contributed by atoms with E-state index in [0.29, 0.717) is 25.4 Å². The Kier molecular flexibility index (Phi) is 3.69. The van der Waals surface area contributed by atoms with Crippen LogP contribution in [0.1, 0.15) is 18.4 Å². The average Bonchev–Trinajstić information content (AvgIpc) is 2.89. The molecule has 2 aliphatic rings. The van der Waals surface area contributed by atoms with Crippen LogP contribution in [0.2, 0.25) is 0 Å². The Morgan fingerprint density at radius 1 is 1.29 bits per heavy atom. The SMILES string of the molecule is Cc1cc(S(=O)(=O)N2CCCC3(C2)OCCO3)ccc1N. The van der Waals surface area contributed by atoms with E-state index >= 15 is 0 Å². The summed E-state index contributed by atoms with van der Waals surface area (Å²) in [6, 6.07) is 4.79. The maximum atomic E-state index is 12.8. The largest absolute Gasteiger partial charge is 0.399 e. The number of hydrogen-bond donors (Lipinski definition) is 1. The zero-order valence-electron chi connectivity index (χ0n) is 12.0. The van der Waals surface area contributed by atoms with Gasteiger partial charge in [-0.25, -0.2) is 8.42 Å². The lowest BCUT2D eigenvalue weighted by atomic mass is 10.1. The zero-order valence-corrected chi connectivity index (χ0v) is 12.9. The first kappa shape index (κ1) is 14.8. The molecule has 21 heavy (non-hydrogen) atoms. The molecule has 0 unspecified atom stereocenters. The third-order valence-electron chi connectivity index (χ3n) is 4.08. The fraction of sp³-hybridized carbons (Fsp3) is 0.571. The Labute approximate surface area is 124 Å². The number of piperidine rings is 1. The summed E-state index contributed by atoms with van der Waals surface area (Å²) in [5.41, 5.74) is 7.11. The maximum Gasteiger partial charge on any atom is 0.243 e. The number of nitrogen functional groups attached to an aromatic ring is 1. The number of nitrogens with zero attached hydrogens (tertiary/aromatic N) is 1. The van der Waals surface area contributed by atoms with Crippen LogP contribution in [-0.4, -0.2) is 44.8 Å². The smallest absolute Gasteiger partial charge is 0.243 e. The molecule has 0 amide bonds. The third-order valence-corrected chi connectivity index (χ3v) is 5.92. The van der Waals surface area contributed by atoms with Crippen LogP contribution in [-0.2, 0) is 19.5 Å². The normalized spacial score (nSPS) is 22.7. The number of anilines is 1. The summed E-state index contributed by atoms with van der Waals surface area (Å²) in [4.78, 5) is 0.268. The van der Waals surface area contributed by atoms with Crippen molar-refractivity contribution in [1.29, 1.82) is 0 Å². The molecule has 0 radical (unpaired) electrons. The van der Waals surface area contributed by atoms with Crippen molar-refractivity contribution in [2.45, 2.75) is 30.4 Å². The molecule has 2 N–H and O–H groups in total. The summed E-state index contributed by atoms with van der Waals surface area (Å²) in [5.74, 6) is -0.756. The number of hydrogen-bond acceptors (Lipinski definition) is 5. The molecule has 3 rings (SSSR count). The second-order valence-corrected chi connectivity index (χ2v) is 7.51. The Hall–Kier alpha value is -1.15. The van der Waals surface area contributed by atoms with Gasteiger partial charge in [-0.1, -0.05) is 0 Å². The standard InChI is InChI=1S/C14H20N2O4S/c1-11-9-12(3-4-13(11)15)21(17,18)16-6-2-5-14(10-16)19-7-8-20-14/h3-4,9H,2,5-8,10,15H2,1H3. The van der Waals surface area contributed by atoms with Crippen molar-refractivity contribution < 1.29 is 17.9 Å². The van der Waals surface area contributed by atoms with Gasteiger partial charge >= 0.3 is 0 Å². The second kappa shape index (κ2) is 5.24. The third kappa shape index (κ3) is 2.66. The van der Waals surface area contributed by atoms with Crippen LogP contribution in [0.5, 0.6) is 0 Å². The van der Waals surface area contributed by atoms with Gasteiger partial charge in [-0.3, -0.25) is 0 Å². The summed E-state index contributed by atoms with van der Waals surface area (Å²) in [7, 11) is -3.55. The van der Waals surface area contributed by atoms with Crippen LogP contribution in [0.3, 0.4) is 0 Å². The lowest BCUT2D eigenvalue weighted by Crippen LogP contribution is -2.50. The molecule has 1 aromatic carbocycles. The molecule has 0 bridgehead atoms. The van der Waals surface area contributed by atoms with Crippen LogP contribution in [0.25, 0.3) is 0 Å². The van der Waals surface area contributed by atoms with Gasteiger partial charge in [-0.15, -0.1) is 0 Å². The van der Waals surface area contributed by atoms with E-state index in [2.05, 4.69) is 0 Å². The molecule has 2 heterocycles. The molecule has 2 fully saturated rings. The first-order chi connectivity index (χ1) is 9.93. The number of ether oxygens (including phenoxy) is 2. The van der Waals surface area contributed by atoms with Crippen molar-refractivity contribution >= 4 is 15.7 Å². The average molecular weight is 312 g/mol. The fourth-order valence-electron chi connectivity index (χ4n) is 2.85. The van der Waals surface area contributed by atoms with E-state index in [1.54, 1.807) is 25.1 Å². The van der Waals surface area contributed by atoms with E-state index in [1.165, 1.54) is 4.31 Å². The second-order valence-electron chi connectivity index (χ2n) is 5.57. The number of rotatable bonds is 2. The van der Waals surface area contributed by atoms with Crippen LogP contribution >= 0.6 is 0 Å². The van der Waals surface area contributed by atoms with Crippen molar-refractivity contribution in [1.82, 2.24) is 4.31 Å². The van der Waals surface area contributed by atoms with Gasteiger partial charge in [0.05, 0.1) is 24.7 Å². The minimum absolute atomic E-state index is 0.249. The van der Waals surface area contributed by atoms with Gasteiger partial charge < -0.3 is 15.2 Å². The van der Waals surface area contributed by atoms with Crippen molar-refractivity contribution in [2.24, 2.45) is 0 Å². The molecular weight excluding hydrogens is 292 g/mol. The van der Waals surface area contributed by atoms with Crippen LogP contribution in [0, 0.1) is 6.92 Å². The molecule has 0 saturated carbocycles. The highest BCUT2D eigenvalue weighted by Crippen LogP contribution is 2.33. The summed E-state index contributed by atoms with van der Waals surface area (Å²) >= 11 is 0. The Balaban J connectivity index is 1.88. The Morgan fingerprint density at radius 3 is 2.67 bits per heavy atom. The van der Waals surface area contributed by atoms with Crippen molar-refractivity contribution in [3.8, 4) is 0 Å². The lowest BCUT2D eigenvalue weighted by molar-refractivity contribution is -0.179. The summed E-state index contributed by atoms with van der Waals surface area (Å²) in [5, 5.41) is 0. The first-order valence-electron chi connectivity index (χ1n) is 7.07. The van der Waals surface area contributed by atoms with Gasteiger partial charge in [-0.05, 0) is 37.1 Å². The molecule has 1 aromatic rings. The maximum absolute atomic E-state index is 12.8. The van der Waals surface area contributed by atoms with Gasteiger partial charge in [0, 0.05) is 18.7 Å². The molecule has 0 aliphatic carbocycles. The van der Waals surface area contributed by atoms with Crippen LogP contribution < -0.4 is 5.73 Å². The van der Waals surface area contributed by atoms with E-state index in [9.17, 15) is 8.42 Å². The minimum Gasteiger partial charge on any atom is -0.399 e. The summed E-state index contributed by atoms with van der Waals surface area (Å²) in [6.07, 6.45) is 1.47. The predicted molar refractivity (Wildman–Crippen MR) is 78.2 cm³/mol. The van der Waals surface area contributed by atoms with E-state index in [-0.39, 0.29) is 11.4 Å². The van der Waals surface area contributed by atoms with Gasteiger partial charge in [0.1, 0.15) is 0 Å².